The highest BCUT2D eigenvalue weighted by Crippen LogP contribution is 2.54. The molecule has 0 spiro atoms. The van der Waals surface area contributed by atoms with Gasteiger partial charge in [0.15, 0.2) is 11.4 Å². The molecule has 43 heavy (non-hydrogen) atoms. The molecule has 4 atom stereocenters. The fraction of sp³-hybridized carbons (Fsp3) is 0.567. The first-order chi connectivity index (χ1) is 20.0. The third kappa shape index (κ3) is 4.72. The number of ketones is 2. The summed E-state index contributed by atoms with van der Waals surface area (Å²) in [6.45, 7) is -0.110. The number of allylic oxidation sites excluding steroid dienone is 1. The molecule has 5 rings (SSSR count). The number of phenolic OH excluding ortho intramolecular Hbond substituents is 1. The minimum atomic E-state index is -4.89. The second-order valence-electron chi connectivity index (χ2n) is 12.5. The van der Waals surface area contributed by atoms with E-state index < -0.39 is 98.7 Å². The molecule has 1 fully saturated rings. The van der Waals surface area contributed by atoms with E-state index in [1.807, 2.05) is 4.90 Å². The second-order valence-corrected chi connectivity index (χ2v) is 12.5. The molecular weight excluding hydrogens is 571 g/mol. The molecule has 4 aliphatic carbocycles. The van der Waals surface area contributed by atoms with Crippen molar-refractivity contribution in [2.24, 2.45) is 17.6 Å². The number of likely N-dealkylation sites (N-methyl/N-ethyl adjacent to an activating group) is 1. The molecule has 10 nitrogen and oxygen atoms in total. The van der Waals surface area contributed by atoms with E-state index in [1.54, 1.807) is 7.05 Å². The molecule has 0 unspecified atom stereocenters. The Hall–Kier alpha value is -3.42. The van der Waals surface area contributed by atoms with E-state index in [1.165, 1.54) is 19.0 Å². The zero-order chi connectivity index (χ0) is 31.8. The Morgan fingerprint density at radius 1 is 1.09 bits per heavy atom. The van der Waals surface area contributed by atoms with Gasteiger partial charge >= 0.3 is 6.18 Å². The fourth-order valence-corrected chi connectivity index (χ4v) is 7.79. The minimum absolute atomic E-state index is 0.0787. The number of primary amides is 1. The molecule has 1 aromatic carbocycles. The lowest BCUT2D eigenvalue weighted by atomic mass is 9.58. The molecule has 0 aromatic heterocycles. The van der Waals surface area contributed by atoms with E-state index in [2.05, 4.69) is 0 Å². The Kier molecular flexibility index (Phi) is 7.67. The number of aromatic hydroxyl groups is 1. The summed E-state index contributed by atoms with van der Waals surface area (Å²) in [5, 5.41) is 44.8. The number of amides is 1. The van der Waals surface area contributed by atoms with Crippen molar-refractivity contribution in [2.75, 3.05) is 21.1 Å². The smallest absolute Gasteiger partial charge is 0.417 e. The molecule has 6 N–H and O–H groups in total. The summed E-state index contributed by atoms with van der Waals surface area (Å²) in [5.41, 5.74) is -1.29. The van der Waals surface area contributed by atoms with Crippen LogP contribution in [0.5, 0.6) is 5.75 Å². The van der Waals surface area contributed by atoms with Gasteiger partial charge in [-0.15, -0.1) is 0 Å². The molecule has 0 radical (unpaired) electrons. The third-order valence-electron chi connectivity index (χ3n) is 9.71. The van der Waals surface area contributed by atoms with Gasteiger partial charge in [0.2, 0.25) is 5.78 Å². The molecule has 1 saturated carbocycles. The molecule has 4 aliphatic rings. The standard InChI is InChI=1S/C30H36F3N3O7/c1-35(2)23-17-10-13-9-16-20(24(38)19(13)26(40)29(17,43)27(41)21(25(23)39)28(34)42)18(37)11-14(22(16)30(31,32)33)12-36(3)15-7-5-4-6-8-15/h11,13,15,17,23,37,39-40,43H,4-10,12H2,1-3H3,(H2,34,42)/t13-,17-,23-,29-/m0/s1. The van der Waals surface area contributed by atoms with Crippen molar-refractivity contribution >= 4 is 17.5 Å². The van der Waals surface area contributed by atoms with Gasteiger partial charge in [-0.25, -0.2) is 0 Å². The maximum absolute atomic E-state index is 14.8. The van der Waals surface area contributed by atoms with Crippen LogP contribution in [0.2, 0.25) is 0 Å². The lowest BCUT2D eigenvalue weighted by Gasteiger charge is -2.50. The average molecular weight is 608 g/mol. The van der Waals surface area contributed by atoms with Crippen molar-refractivity contribution in [1.82, 2.24) is 9.80 Å². The first kappa shape index (κ1) is 31.0. The number of hydrogen-bond acceptors (Lipinski definition) is 9. The van der Waals surface area contributed by atoms with Gasteiger partial charge in [-0.2, -0.15) is 13.2 Å². The number of halogens is 3. The summed E-state index contributed by atoms with van der Waals surface area (Å²) in [4.78, 5) is 42.5. The van der Waals surface area contributed by atoms with Gasteiger partial charge in [-0.05, 0) is 69.9 Å². The first-order valence-corrected chi connectivity index (χ1v) is 14.3. The molecule has 13 heteroatoms. The molecule has 0 saturated heterocycles. The quantitative estimate of drug-likeness (QED) is 0.317. The van der Waals surface area contributed by atoms with Crippen molar-refractivity contribution in [3.05, 3.63) is 51.0 Å². The van der Waals surface area contributed by atoms with Crippen LogP contribution in [0.1, 0.15) is 65.6 Å². The van der Waals surface area contributed by atoms with Crippen LogP contribution in [0.3, 0.4) is 0 Å². The van der Waals surface area contributed by atoms with Crippen LogP contribution in [0, 0.1) is 11.8 Å². The van der Waals surface area contributed by atoms with E-state index >= 15 is 0 Å². The maximum atomic E-state index is 14.8. The number of aliphatic hydroxyl groups is 3. The molecule has 1 aromatic rings. The molecule has 0 aliphatic heterocycles. The van der Waals surface area contributed by atoms with Gasteiger partial charge in [-0.1, -0.05) is 19.3 Å². The minimum Gasteiger partial charge on any atom is -0.510 e. The summed E-state index contributed by atoms with van der Waals surface area (Å²) in [7, 11) is 4.69. The van der Waals surface area contributed by atoms with Gasteiger partial charge in [0.1, 0.15) is 22.8 Å². The summed E-state index contributed by atoms with van der Waals surface area (Å²) in [6, 6.07) is -0.233. The molecule has 0 bridgehead atoms. The fourth-order valence-electron chi connectivity index (χ4n) is 7.79. The van der Waals surface area contributed by atoms with Crippen molar-refractivity contribution in [3.63, 3.8) is 0 Å². The highest BCUT2D eigenvalue weighted by atomic mass is 19.4. The Labute approximate surface area is 246 Å². The summed E-state index contributed by atoms with van der Waals surface area (Å²) in [5.74, 6) is -8.94. The van der Waals surface area contributed by atoms with Crippen molar-refractivity contribution in [3.8, 4) is 5.75 Å². The number of phenols is 1. The van der Waals surface area contributed by atoms with Crippen LogP contribution in [0.4, 0.5) is 13.2 Å². The number of rotatable bonds is 5. The van der Waals surface area contributed by atoms with Crippen molar-refractivity contribution < 1.29 is 48.0 Å². The number of hydrogen-bond donors (Lipinski definition) is 5. The maximum Gasteiger partial charge on any atom is 0.417 e. The monoisotopic (exact) mass is 607 g/mol. The van der Waals surface area contributed by atoms with Gasteiger partial charge in [0.25, 0.3) is 5.91 Å². The Morgan fingerprint density at radius 2 is 1.72 bits per heavy atom. The number of aliphatic hydroxyl groups excluding tert-OH is 2. The highest BCUT2D eigenvalue weighted by Gasteiger charge is 2.63. The lowest BCUT2D eigenvalue weighted by Crippen LogP contribution is -2.63. The molecule has 0 heterocycles. The average Bonchev–Trinajstić information content (AvgIpc) is 2.90. The van der Waals surface area contributed by atoms with Crippen LogP contribution in [0.15, 0.2) is 28.7 Å². The van der Waals surface area contributed by atoms with Crippen LogP contribution in [-0.4, -0.2) is 86.5 Å². The lowest BCUT2D eigenvalue weighted by molar-refractivity contribution is -0.148. The number of carbonyl (C=O) groups is 3. The number of carbonyl (C=O) groups excluding carboxylic acids is 3. The number of Topliss-reactive ketones (excluding diaryl/α,β-unsaturated/α-hetero) is 2. The van der Waals surface area contributed by atoms with Gasteiger partial charge in [0, 0.05) is 24.1 Å². The van der Waals surface area contributed by atoms with Gasteiger partial charge < -0.3 is 26.2 Å². The Bertz CT molecular complexity index is 1460. The van der Waals surface area contributed by atoms with Gasteiger partial charge in [-0.3, -0.25) is 24.2 Å². The Balaban J connectivity index is 1.66. The van der Waals surface area contributed by atoms with Crippen molar-refractivity contribution in [1.29, 1.82) is 0 Å². The van der Waals surface area contributed by atoms with Crippen LogP contribution in [0.25, 0.3) is 0 Å². The van der Waals surface area contributed by atoms with E-state index in [0.717, 1.165) is 38.2 Å². The van der Waals surface area contributed by atoms with E-state index in [-0.39, 0.29) is 24.6 Å². The predicted molar refractivity (Wildman–Crippen MR) is 147 cm³/mol. The SMILES string of the molecule is CN(Cc1cc(O)c2c(c1C(F)(F)F)C[C@H]1C[C@H]3[C@H](N(C)C)C(O)=C(C(N)=O)C(=O)[C@@]3(O)C(O)=C1C2=O)C1CCCCC1. The van der Waals surface area contributed by atoms with E-state index in [9.17, 15) is 48.0 Å². The summed E-state index contributed by atoms with van der Waals surface area (Å²) >= 11 is 0. The van der Waals surface area contributed by atoms with E-state index in [4.69, 9.17) is 5.73 Å². The highest BCUT2D eigenvalue weighted by molar-refractivity contribution is 6.24. The molecular formula is C30H36F3N3O7. The zero-order valence-corrected chi connectivity index (χ0v) is 24.2. The second kappa shape index (κ2) is 10.6. The topological polar surface area (TPSA) is 165 Å². The summed E-state index contributed by atoms with van der Waals surface area (Å²) < 4.78 is 44.3. The number of alkyl halides is 3. The zero-order valence-electron chi connectivity index (χ0n) is 24.2. The molecule has 1 amide bonds. The van der Waals surface area contributed by atoms with Crippen LogP contribution >= 0.6 is 0 Å². The summed E-state index contributed by atoms with van der Waals surface area (Å²) in [6.07, 6.45) is -0.910. The largest absolute Gasteiger partial charge is 0.510 e. The van der Waals surface area contributed by atoms with Crippen molar-refractivity contribution in [2.45, 2.75) is 75.4 Å². The normalized spacial score (nSPS) is 28.3. The number of benzene rings is 1. The number of fused-ring (bicyclic) bond motifs is 3. The van der Waals surface area contributed by atoms with Crippen LogP contribution in [-0.2, 0) is 28.7 Å². The van der Waals surface area contributed by atoms with Crippen LogP contribution < -0.4 is 5.73 Å². The van der Waals surface area contributed by atoms with E-state index in [0.29, 0.717) is 0 Å². The number of nitrogens with zero attached hydrogens (tertiary/aromatic N) is 2. The van der Waals surface area contributed by atoms with Gasteiger partial charge in [0.05, 0.1) is 17.2 Å². The first-order valence-electron chi connectivity index (χ1n) is 14.3. The third-order valence-corrected chi connectivity index (χ3v) is 9.71. The molecule has 234 valence electrons. The Morgan fingerprint density at radius 3 is 2.28 bits per heavy atom. The number of nitrogens with two attached hydrogens (primary N) is 1. The predicted octanol–water partition coefficient (Wildman–Crippen LogP) is 2.90.